The number of hydrogen-bond donors (Lipinski definition) is 2. The van der Waals surface area contributed by atoms with Gasteiger partial charge < -0.3 is 15.3 Å². The lowest BCUT2D eigenvalue weighted by Crippen LogP contribution is -2.52. The highest BCUT2D eigenvalue weighted by Gasteiger charge is 2.48. The molecule has 2 N–H and O–H groups in total. The van der Waals surface area contributed by atoms with Gasteiger partial charge in [-0.1, -0.05) is 12.2 Å². The Labute approximate surface area is 145 Å². The number of allylic oxidation sites excluding steroid dienone is 2. The van der Waals surface area contributed by atoms with Gasteiger partial charge in [0.15, 0.2) is 5.41 Å². The Morgan fingerprint density at radius 2 is 1.88 bits per heavy atom. The maximum absolute atomic E-state index is 12.7. The first-order valence-electron chi connectivity index (χ1n) is 8.40. The molecule has 8 nitrogen and oxygen atoms in total. The molecule has 1 saturated heterocycles. The van der Waals surface area contributed by atoms with Crippen molar-refractivity contribution in [2.24, 2.45) is 12.5 Å². The van der Waals surface area contributed by atoms with E-state index in [0.717, 1.165) is 0 Å². The molecule has 0 atom stereocenters. The van der Waals surface area contributed by atoms with E-state index in [2.05, 4.69) is 10.4 Å². The van der Waals surface area contributed by atoms with E-state index in [4.69, 9.17) is 0 Å². The number of likely N-dealkylation sites (tertiary alicyclic amines) is 1. The van der Waals surface area contributed by atoms with Crippen LogP contribution < -0.4 is 5.32 Å². The van der Waals surface area contributed by atoms with Gasteiger partial charge in [-0.25, -0.2) is 0 Å². The van der Waals surface area contributed by atoms with E-state index < -0.39 is 11.4 Å². The number of aryl methyl sites for hydroxylation is 1. The summed E-state index contributed by atoms with van der Waals surface area (Å²) >= 11 is 0. The van der Waals surface area contributed by atoms with Crippen LogP contribution in [-0.4, -0.2) is 56.7 Å². The zero-order chi connectivity index (χ0) is 18.0. The number of rotatable bonds is 4. The molecule has 2 amide bonds. The Balaban J connectivity index is 1.56. The zero-order valence-electron chi connectivity index (χ0n) is 14.1. The summed E-state index contributed by atoms with van der Waals surface area (Å²) in [6.07, 6.45) is 8.40. The first-order chi connectivity index (χ1) is 11.9. The molecule has 1 aromatic rings. The number of carboxylic acid groups (broad SMARTS) is 1. The maximum atomic E-state index is 12.7. The molecule has 2 aliphatic rings. The molecule has 134 valence electrons. The van der Waals surface area contributed by atoms with Gasteiger partial charge in [-0.2, -0.15) is 5.10 Å². The summed E-state index contributed by atoms with van der Waals surface area (Å²) in [6.45, 7) is 0.900. The quantitative estimate of drug-likeness (QED) is 0.612. The first-order valence-corrected chi connectivity index (χ1v) is 8.40. The molecule has 0 bridgehead atoms. The van der Waals surface area contributed by atoms with Gasteiger partial charge in [0.25, 0.3) is 5.91 Å². The minimum absolute atomic E-state index is 0.0285. The summed E-state index contributed by atoms with van der Waals surface area (Å²) in [5.41, 5.74) is -0.839. The van der Waals surface area contributed by atoms with Crippen molar-refractivity contribution in [2.75, 3.05) is 13.1 Å². The monoisotopic (exact) mass is 346 g/mol. The number of aliphatic carboxylic acids is 1. The number of piperidine rings is 1. The van der Waals surface area contributed by atoms with Crippen molar-refractivity contribution >= 4 is 17.8 Å². The number of hydrogen-bond acceptors (Lipinski definition) is 4. The Kier molecular flexibility index (Phi) is 4.61. The Morgan fingerprint density at radius 3 is 2.40 bits per heavy atom. The fourth-order valence-corrected chi connectivity index (χ4v) is 3.43. The van der Waals surface area contributed by atoms with E-state index in [1.807, 2.05) is 0 Å². The van der Waals surface area contributed by atoms with Crippen molar-refractivity contribution in [1.82, 2.24) is 20.0 Å². The summed E-state index contributed by atoms with van der Waals surface area (Å²) in [5, 5.41) is 16.4. The fourth-order valence-electron chi connectivity index (χ4n) is 3.43. The number of nitrogens with zero attached hydrogens (tertiary/aromatic N) is 3. The van der Waals surface area contributed by atoms with Crippen molar-refractivity contribution in [1.29, 1.82) is 0 Å². The van der Waals surface area contributed by atoms with Crippen LogP contribution in [0.15, 0.2) is 24.5 Å². The second kappa shape index (κ2) is 6.70. The smallest absolute Gasteiger partial charge is 0.319 e. The Hall–Kier alpha value is -2.64. The average Bonchev–Trinajstić information content (AvgIpc) is 3.24. The van der Waals surface area contributed by atoms with Crippen molar-refractivity contribution in [3.63, 3.8) is 0 Å². The molecule has 8 heteroatoms. The summed E-state index contributed by atoms with van der Waals surface area (Å²) in [4.78, 5) is 38.1. The van der Waals surface area contributed by atoms with Gasteiger partial charge in [0, 0.05) is 32.4 Å². The highest BCUT2D eigenvalue weighted by molar-refractivity contribution is 6.02. The van der Waals surface area contributed by atoms with E-state index in [9.17, 15) is 19.5 Å². The molecule has 0 radical (unpaired) electrons. The van der Waals surface area contributed by atoms with Crippen LogP contribution >= 0.6 is 0 Å². The van der Waals surface area contributed by atoms with E-state index in [0.29, 0.717) is 31.5 Å². The number of carbonyl (C=O) groups excluding carboxylic acids is 2. The number of carbonyl (C=O) groups is 3. The van der Waals surface area contributed by atoms with Gasteiger partial charge in [-0.15, -0.1) is 0 Å². The van der Waals surface area contributed by atoms with Crippen LogP contribution in [0.5, 0.6) is 0 Å². The highest BCUT2D eigenvalue weighted by Crippen LogP contribution is 2.36. The average molecular weight is 346 g/mol. The second-order valence-electron chi connectivity index (χ2n) is 6.71. The predicted octanol–water partition coefficient (Wildman–Crippen LogP) is 0.562. The van der Waals surface area contributed by atoms with Crippen LogP contribution in [0.2, 0.25) is 0 Å². The van der Waals surface area contributed by atoms with Gasteiger partial charge in [0.2, 0.25) is 5.91 Å². The second-order valence-corrected chi connectivity index (χ2v) is 6.71. The molecular formula is C17H22N4O4. The van der Waals surface area contributed by atoms with Crippen LogP contribution in [0.4, 0.5) is 0 Å². The van der Waals surface area contributed by atoms with E-state index in [1.165, 1.54) is 6.20 Å². The standard InChI is InChI=1S/C17H22N4O4/c1-20-11-12(10-18-20)14(22)19-13-4-8-21(9-5-13)15(23)17(16(24)25)6-2-3-7-17/h2-3,10-11,13H,4-9H2,1H3,(H,19,22)(H,24,25). The van der Waals surface area contributed by atoms with Crippen LogP contribution in [0.1, 0.15) is 36.0 Å². The van der Waals surface area contributed by atoms with Crippen LogP contribution in [0, 0.1) is 5.41 Å². The van der Waals surface area contributed by atoms with E-state index >= 15 is 0 Å². The molecule has 3 rings (SSSR count). The summed E-state index contributed by atoms with van der Waals surface area (Å²) in [6, 6.07) is -0.0285. The topological polar surface area (TPSA) is 105 Å². The minimum Gasteiger partial charge on any atom is -0.480 e. The lowest BCUT2D eigenvalue weighted by molar-refractivity contribution is -0.160. The molecule has 2 heterocycles. The third-order valence-corrected chi connectivity index (χ3v) is 5.00. The number of amides is 2. The molecule has 0 aromatic carbocycles. The largest absolute Gasteiger partial charge is 0.480 e. The molecular weight excluding hydrogens is 324 g/mol. The number of carboxylic acids is 1. The SMILES string of the molecule is Cn1cc(C(=O)NC2CCN(C(=O)C3(C(=O)O)CC=CC3)CC2)cn1. The first kappa shape index (κ1) is 17.2. The molecule has 25 heavy (non-hydrogen) atoms. The summed E-state index contributed by atoms with van der Waals surface area (Å²) in [7, 11) is 1.75. The lowest BCUT2D eigenvalue weighted by atomic mass is 9.83. The molecule has 1 aliphatic carbocycles. The third-order valence-electron chi connectivity index (χ3n) is 5.00. The Morgan fingerprint density at radius 1 is 1.24 bits per heavy atom. The summed E-state index contributed by atoms with van der Waals surface area (Å²) < 4.78 is 1.57. The van der Waals surface area contributed by atoms with Gasteiger partial charge in [-0.3, -0.25) is 19.1 Å². The molecule has 1 fully saturated rings. The van der Waals surface area contributed by atoms with Crippen molar-refractivity contribution < 1.29 is 19.5 Å². The van der Waals surface area contributed by atoms with Crippen LogP contribution in [-0.2, 0) is 16.6 Å². The van der Waals surface area contributed by atoms with Gasteiger partial charge in [0.05, 0.1) is 11.8 Å². The van der Waals surface area contributed by atoms with Crippen molar-refractivity contribution in [3.8, 4) is 0 Å². The molecule has 0 spiro atoms. The normalized spacial score (nSPS) is 19.8. The van der Waals surface area contributed by atoms with Gasteiger partial charge in [0.1, 0.15) is 0 Å². The minimum atomic E-state index is -1.34. The lowest BCUT2D eigenvalue weighted by Gasteiger charge is -2.36. The molecule has 1 aromatic heterocycles. The van der Waals surface area contributed by atoms with Crippen molar-refractivity contribution in [3.05, 3.63) is 30.1 Å². The van der Waals surface area contributed by atoms with Gasteiger partial charge >= 0.3 is 5.97 Å². The fraction of sp³-hybridized carbons (Fsp3) is 0.529. The van der Waals surface area contributed by atoms with Crippen molar-refractivity contribution in [2.45, 2.75) is 31.7 Å². The van der Waals surface area contributed by atoms with Gasteiger partial charge in [-0.05, 0) is 25.7 Å². The van der Waals surface area contributed by atoms with E-state index in [1.54, 1.807) is 35.0 Å². The third kappa shape index (κ3) is 3.29. The highest BCUT2D eigenvalue weighted by atomic mass is 16.4. The predicted molar refractivity (Wildman–Crippen MR) is 88.7 cm³/mol. The summed E-state index contributed by atoms with van der Waals surface area (Å²) in [5.74, 6) is -1.56. The molecule has 1 aliphatic heterocycles. The number of aromatic nitrogens is 2. The van der Waals surface area contributed by atoms with Crippen LogP contribution in [0.25, 0.3) is 0 Å². The van der Waals surface area contributed by atoms with Crippen LogP contribution in [0.3, 0.4) is 0 Å². The van der Waals surface area contributed by atoms with E-state index in [-0.39, 0.29) is 30.7 Å². The Bertz CT molecular complexity index is 708. The molecule has 0 unspecified atom stereocenters. The maximum Gasteiger partial charge on any atom is 0.319 e. The zero-order valence-corrected chi connectivity index (χ0v) is 14.1. The number of nitrogens with one attached hydrogen (secondary N) is 1. The molecule has 0 saturated carbocycles.